The van der Waals surface area contributed by atoms with Crippen molar-refractivity contribution in [1.82, 2.24) is 9.97 Å². The van der Waals surface area contributed by atoms with E-state index in [1.807, 2.05) is 0 Å². The first-order chi connectivity index (χ1) is 9.60. The topological polar surface area (TPSA) is 110 Å². The van der Waals surface area contributed by atoms with Gasteiger partial charge in [0, 0.05) is 24.9 Å². The zero-order valence-electron chi connectivity index (χ0n) is 10.5. The molecule has 8 heteroatoms. The summed E-state index contributed by atoms with van der Waals surface area (Å²) in [6.07, 6.45) is 2.82. The number of anilines is 2. The van der Waals surface area contributed by atoms with Crippen LogP contribution in [0.25, 0.3) is 0 Å². The normalized spacial score (nSPS) is 9.85. The molecule has 1 aromatic carbocycles. The number of hydrogen-bond acceptors (Lipinski definition) is 6. The highest BCUT2D eigenvalue weighted by atomic mass is 16.6. The van der Waals surface area contributed by atoms with E-state index < -0.39 is 10.8 Å². The number of carbonyl (C=O) groups is 1. The summed E-state index contributed by atoms with van der Waals surface area (Å²) in [7, 11) is 1.67. The first-order valence-corrected chi connectivity index (χ1v) is 5.66. The molecule has 1 heterocycles. The number of nitro benzene ring substituents is 1. The molecule has 0 aliphatic carbocycles. The van der Waals surface area contributed by atoms with E-state index in [2.05, 4.69) is 20.6 Å². The molecule has 20 heavy (non-hydrogen) atoms. The molecule has 8 nitrogen and oxygen atoms in total. The second-order valence-electron chi connectivity index (χ2n) is 3.80. The minimum absolute atomic E-state index is 0.0417. The molecule has 0 atom stereocenters. The molecule has 0 unspecified atom stereocenters. The van der Waals surface area contributed by atoms with Crippen LogP contribution in [0.15, 0.2) is 36.7 Å². The van der Waals surface area contributed by atoms with Gasteiger partial charge in [0.15, 0.2) is 0 Å². The van der Waals surface area contributed by atoms with Gasteiger partial charge in [-0.25, -0.2) is 4.98 Å². The molecule has 0 aliphatic rings. The predicted octanol–water partition coefficient (Wildman–Crippen LogP) is 1.68. The number of aromatic nitrogens is 2. The second kappa shape index (κ2) is 5.74. The molecule has 0 radical (unpaired) electrons. The van der Waals surface area contributed by atoms with E-state index in [0.29, 0.717) is 11.5 Å². The third kappa shape index (κ3) is 3.05. The molecule has 0 fully saturated rings. The fourth-order valence-electron chi connectivity index (χ4n) is 1.46. The fraction of sp³-hybridized carbons (Fsp3) is 0.0833. The van der Waals surface area contributed by atoms with Crippen LogP contribution in [0.4, 0.5) is 17.2 Å². The number of hydrogen-bond donors (Lipinski definition) is 2. The molecule has 102 valence electrons. The minimum atomic E-state index is -0.506. The van der Waals surface area contributed by atoms with Crippen LogP contribution < -0.4 is 10.6 Å². The van der Waals surface area contributed by atoms with Gasteiger partial charge in [0.2, 0.25) is 0 Å². The van der Waals surface area contributed by atoms with Gasteiger partial charge in [-0.3, -0.25) is 19.9 Å². The number of nitrogens with one attached hydrogen (secondary N) is 2. The highest BCUT2D eigenvalue weighted by Gasteiger charge is 2.10. The van der Waals surface area contributed by atoms with Crippen LogP contribution in [-0.2, 0) is 0 Å². The number of benzene rings is 1. The molecule has 2 aromatic rings. The Labute approximate surface area is 114 Å². The van der Waals surface area contributed by atoms with Crippen LogP contribution in [0, 0.1) is 10.1 Å². The lowest BCUT2D eigenvalue weighted by Crippen LogP contribution is -2.14. The largest absolute Gasteiger partial charge is 0.372 e. The number of carbonyl (C=O) groups excluding carboxylic acids is 1. The quantitative estimate of drug-likeness (QED) is 0.647. The third-order valence-corrected chi connectivity index (χ3v) is 2.46. The van der Waals surface area contributed by atoms with Crippen molar-refractivity contribution in [2.45, 2.75) is 0 Å². The number of amides is 1. The molecular formula is C12H11N5O3. The molecule has 0 aliphatic heterocycles. The summed E-state index contributed by atoms with van der Waals surface area (Å²) in [6, 6.07) is 5.52. The highest BCUT2D eigenvalue weighted by Crippen LogP contribution is 2.16. The molecule has 0 saturated carbocycles. The van der Waals surface area contributed by atoms with E-state index in [1.165, 1.54) is 36.7 Å². The average Bonchev–Trinajstić information content (AvgIpc) is 2.47. The van der Waals surface area contributed by atoms with E-state index in [1.54, 1.807) is 7.05 Å². The smallest absolute Gasteiger partial charge is 0.275 e. The lowest BCUT2D eigenvalue weighted by Gasteiger charge is -2.05. The summed E-state index contributed by atoms with van der Waals surface area (Å²) in [5.74, 6) is 0.0322. The first kappa shape index (κ1) is 13.4. The third-order valence-electron chi connectivity index (χ3n) is 2.46. The Balaban J connectivity index is 2.12. The summed E-state index contributed by atoms with van der Waals surface area (Å²) in [5, 5.41) is 15.9. The van der Waals surface area contributed by atoms with E-state index >= 15 is 0 Å². The van der Waals surface area contributed by atoms with Crippen LogP contribution in [0.3, 0.4) is 0 Å². The van der Waals surface area contributed by atoms with Gasteiger partial charge < -0.3 is 10.6 Å². The number of nitrogens with zero attached hydrogens (tertiary/aromatic N) is 3. The molecule has 1 aromatic heterocycles. The van der Waals surface area contributed by atoms with Crippen molar-refractivity contribution in [3.05, 3.63) is 52.5 Å². The van der Waals surface area contributed by atoms with Gasteiger partial charge in [-0.2, -0.15) is 0 Å². The van der Waals surface area contributed by atoms with E-state index in [4.69, 9.17) is 0 Å². The van der Waals surface area contributed by atoms with Crippen LogP contribution >= 0.6 is 0 Å². The van der Waals surface area contributed by atoms with Gasteiger partial charge in [0.25, 0.3) is 11.6 Å². The molecule has 2 N–H and O–H groups in total. The Morgan fingerprint density at radius 3 is 2.55 bits per heavy atom. The van der Waals surface area contributed by atoms with Crippen molar-refractivity contribution >= 4 is 23.1 Å². The van der Waals surface area contributed by atoms with Crippen molar-refractivity contribution < 1.29 is 9.72 Å². The van der Waals surface area contributed by atoms with Crippen LogP contribution in [0.5, 0.6) is 0 Å². The Morgan fingerprint density at radius 2 is 1.95 bits per heavy atom. The minimum Gasteiger partial charge on any atom is -0.372 e. The van der Waals surface area contributed by atoms with Crippen molar-refractivity contribution in [2.75, 3.05) is 17.7 Å². The van der Waals surface area contributed by atoms with E-state index in [-0.39, 0.29) is 11.4 Å². The fourth-order valence-corrected chi connectivity index (χ4v) is 1.46. The van der Waals surface area contributed by atoms with Gasteiger partial charge in [-0.15, -0.1) is 0 Å². The predicted molar refractivity (Wildman–Crippen MR) is 72.6 cm³/mol. The Hall–Kier alpha value is -3.03. The maximum atomic E-state index is 11.9. The van der Waals surface area contributed by atoms with Gasteiger partial charge in [0.05, 0.1) is 17.3 Å². The van der Waals surface area contributed by atoms with Crippen LogP contribution in [-0.4, -0.2) is 27.8 Å². The molecule has 2 rings (SSSR count). The van der Waals surface area contributed by atoms with Gasteiger partial charge in [-0.1, -0.05) is 0 Å². The van der Waals surface area contributed by atoms with Crippen molar-refractivity contribution in [1.29, 1.82) is 0 Å². The first-order valence-electron chi connectivity index (χ1n) is 5.66. The monoisotopic (exact) mass is 273 g/mol. The summed E-state index contributed by atoms with van der Waals surface area (Å²) >= 11 is 0. The Bertz CT molecular complexity index is 642. The number of nitro groups is 1. The SMILES string of the molecule is CNc1cncc(C(=O)Nc2ccc([N+](=O)[O-])cc2)n1. The van der Waals surface area contributed by atoms with Gasteiger partial charge >= 0.3 is 0 Å². The zero-order chi connectivity index (χ0) is 14.5. The van der Waals surface area contributed by atoms with Crippen LogP contribution in [0.2, 0.25) is 0 Å². The second-order valence-corrected chi connectivity index (χ2v) is 3.80. The summed E-state index contributed by atoms with van der Waals surface area (Å²) < 4.78 is 0. The number of rotatable bonds is 4. The molecule has 0 spiro atoms. The molecule has 1 amide bonds. The van der Waals surface area contributed by atoms with Crippen molar-refractivity contribution in [2.24, 2.45) is 0 Å². The summed E-state index contributed by atoms with van der Waals surface area (Å²) in [5.41, 5.74) is 0.549. The van der Waals surface area contributed by atoms with Crippen molar-refractivity contribution in [3.8, 4) is 0 Å². The maximum absolute atomic E-state index is 11.9. The summed E-state index contributed by atoms with van der Waals surface area (Å²) in [4.78, 5) is 29.9. The standard InChI is InChI=1S/C12H11N5O3/c1-13-11-7-14-6-10(16-11)12(18)15-8-2-4-9(5-3-8)17(19)20/h2-7H,1H3,(H,13,16)(H,15,18). The van der Waals surface area contributed by atoms with Gasteiger partial charge in [0.1, 0.15) is 11.5 Å². The lowest BCUT2D eigenvalue weighted by molar-refractivity contribution is -0.384. The van der Waals surface area contributed by atoms with Crippen molar-refractivity contribution in [3.63, 3.8) is 0 Å². The van der Waals surface area contributed by atoms with Crippen LogP contribution in [0.1, 0.15) is 10.5 Å². The number of non-ortho nitro benzene ring substituents is 1. The van der Waals surface area contributed by atoms with E-state index in [9.17, 15) is 14.9 Å². The van der Waals surface area contributed by atoms with E-state index in [0.717, 1.165) is 0 Å². The zero-order valence-corrected chi connectivity index (χ0v) is 10.5. The van der Waals surface area contributed by atoms with Gasteiger partial charge in [-0.05, 0) is 12.1 Å². The maximum Gasteiger partial charge on any atom is 0.275 e. The molecular weight excluding hydrogens is 262 g/mol. The summed E-state index contributed by atoms with van der Waals surface area (Å²) in [6.45, 7) is 0. The Morgan fingerprint density at radius 1 is 1.25 bits per heavy atom. The highest BCUT2D eigenvalue weighted by molar-refractivity contribution is 6.02. The molecule has 0 bridgehead atoms. The Kier molecular flexibility index (Phi) is 3.85. The average molecular weight is 273 g/mol. The lowest BCUT2D eigenvalue weighted by atomic mass is 10.3. The molecule has 0 saturated heterocycles.